The van der Waals surface area contributed by atoms with Gasteiger partial charge in [0.2, 0.25) is 0 Å². The number of cyclic esters (lactones) is 1. The molecular formula is C14H15NO5S. The van der Waals surface area contributed by atoms with Crippen LogP contribution in [0, 0.1) is 0 Å². The van der Waals surface area contributed by atoms with Gasteiger partial charge in [0.1, 0.15) is 0 Å². The summed E-state index contributed by atoms with van der Waals surface area (Å²) in [5.41, 5.74) is 1.25. The Hall–Kier alpha value is -1.89. The molecule has 2 heterocycles. The van der Waals surface area contributed by atoms with Gasteiger partial charge < -0.3 is 10.1 Å². The number of benzene rings is 1. The van der Waals surface area contributed by atoms with Crippen molar-refractivity contribution in [3.63, 3.8) is 0 Å². The van der Waals surface area contributed by atoms with Crippen LogP contribution in [0.1, 0.15) is 22.3 Å². The van der Waals surface area contributed by atoms with Gasteiger partial charge in [0.05, 0.1) is 17.1 Å². The van der Waals surface area contributed by atoms with E-state index in [0.29, 0.717) is 18.4 Å². The van der Waals surface area contributed by atoms with Crippen molar-refractivity contribution >= 4 is 21.7 Å². The van der Waals surface area contributed by atoms with Crippen molar-refractivity contribution < 1.29 is 22.7 Å². The quantitative estimate of drug-likeness (QED) is 0.781. The summed E-state index contributed by atoms with van der Waals surface area (Å²) in [6.07, 6.45) is -0.172. The van der Waals surface area contributed by atoms with Gasteiger partial charge in [-0.25, -0.2) is 13.2 Å². The van der Waals surface area contributed by atoms with Crippen LogP contribution in [0.2, 0.25) is 0 Å². The molecule has 0 aliphatic carbocycles. The van der Waals surface area contributed by atoms with E-state index >= 15 is 0 Å². The van der Waals surface area contributed by atoms with Gasteiger partial charge in [0, 0.05) is 12.5 Å². The monoisotopic (exact) mass is 309 g/mol. The van der Waals surface area contributed by atoms with Gasteiger partial charge in [-0.2, -0.15) is 0 Å². The van der Waals surface area contributed by atoms with E-state index in [0.717, 1.165) is 5.56 Å². The van der Waals surface area contributed by atoms with E-state index in [1.165, 1.54) is 0 Å². The number of nitrogens with one attached hydrogen (secondary N) is 1. The molecule has 6 nitrogen and oxygen atoms in total. The number of carbonyl (C=O) groups is 2. The summed E-state index contributed by atoms with van der Waals surface area (Å²) in [7, 11) is -3.05. The van der Waals surface area contributed by atoms with Gasteiger partial charge in [-0.15, -0.1) is 0 Å². The van der Waals surface area contributed by atoms with Crippen molar-refractivity contribution in [2.45, 2.75) is 25.0 Å². The molecule has 0 unspecified atom stereocenters. The minimum Gasteiger partial charge on any atom is -0.448 e. The lowest BCUT2D eigenvalue weighted by molar-refractivity contribution is -0.130. The molecule has 2 aliphatic rings. The van der Waals surface area contributed by atoms with Crippen molar-refractivity contribution in [2.75, 3.05) is 11.5 Å². The Morgan fingerprint density at radius 3 is 2.76 bits per heavy atom. The standard InChI is InChI=1S/C14H15NO5S/c16-13(15-10-5-6-21(18,19)8-10)12-7-9-3-1-2-4-11(9)14(17)20-12/h1-4,10,12H,5-8H2,(H,15,16)/t10-,12-/m0/s1. The smallest absolute Gasteiger partial charge is 0.339 e. The Labute approximate surface area is 122 Å². The van der Waals surface area contributed by atoms with Crippen LogP contribution in [-0.4, -0.2) is 43.9 Å². The Morgan fingerprint density at radius 1 is 1.29 bits per heavy atom. The van der Waals surface area contributed by atoms with Gasteiger partial charge in [-0.3, -0.25) is 4.79 Å². The van der Waals surface area contributed by atoms with E-state index in [4.69, 9.17) is 4.74 Å². The molecule has 1 aromatic rings. The number of fused-ring (bicyclic) bond motifs is 1. The molecule has 21 heavy (non-hydrogen) atoms. The average molecular weight is 309 g/mol. The highest BCUT2D eigenvalue weighted by Gasteiger charge is 2.34. The molecule has 0 spiro atoms. The number of carbonyl (C=O) groups excluding carboxylic acids is 2. The third-order valence-corrected chi connectivity index (χ3v) is 5.53. The molecular weight excluding hydrogens is 294 g/mol. The second-order valence-electron chi connectivity index (χ2n) is 5.36. The first kappa shape index (κ1) is 14.1. The fourth-order valence-electron chi connectivity index (χ4n) is 2.68. The Morgan fingerprint density at radius 2 is 2.05 bits per heavy atom. The number of amides is 1. The molecule has 1 aromatic carbocycles. The van der Waals surface area contributed by atoms with Gasteiger partial charge in [0.25, 0.3) is 5.91 Å². The first-order valence-corrected chi connectivity index (χ1v) is 8.56. The van der Waals surface area contributed by atoms with Crippen LogP contribution in [0.5, 0.6) is 0 Å². The molecule has 2 aliphatic heterocycles. The molecule has 0 bridgehead atoms. The third-order valence-electron chi connectivity index (χ3n) is 3.76. The number of rotatable bonds is 2. The van der Waals surface area contributed by atoms with E-state index in [2.05, 4.69) is 5.32 Å². The van der Waals surface area contributed by atoms with Crippen LogP contribution in [-0.2, 0) is 25.8 Å². The Balaban J connectivity index is 1.69. The molecule has 1 saturated heterocycles. The normalized spacial score (nSPS) is 26.8. The van der Waals surface area contributed by atoms with Crippen molar-refractivity contribution in [1.29, 1.82) is 0 Å². The number of hydrogen-bond acceptors (Lipinski definition) is 5. The molecule has 3 rings (SSSR count). The lowest BCUT2D eigenvalue weighted by Crippen LogP contribution is -2.46. The fraction of sp³-hybridized carbons (Fsp3) is 0.429. The zero-order valence-corrected chi connectivity index (χ0v) is 12.1. The second kappa shape index (κ2) is 5.14. The van der Waals surface area contributed by atoms with Crippen LogP contribution in [0.3, 0.4) is 0 Å². The fourth-order valence-corrected chi connectivity index (χ4v) is 4.35. The third kappa shape index (κ3) is 2.92. The Kier molecular flexibility index (Phi) is 3.44. The summed E-state index contributed by atoms with van der Waals surface area (Å²) >= 11 is 0. The van der Waals surface area contributed by atoms with Gasteiger partial charge in [-0.1, -0.05) is 18.2 Å². The van der Waals surface area contributed by atoms with Crippen LogP contribution in [0.15, 0.2) is 24.3 Å². The lowest BCUT2D eigenvalue weighted by Gasteiger charge is -2.24. The maximum atomic E-state index is 12.1. The average Bonchev–Trinajstić information content (AvgIpc) is 2.78. The summed E-state index contributed by atoms with van der Waals surface area (Å²) in [6.45, 7) is 0. The summed E-state index contributed by atoms with van der Waals surface area (Å²) in [5, 5.41) is 2.66. The van der Waals surface area contributed by atoms with E-state index < -0.39 is 33.9 Å². The van der Waals surface area contributed by atoms with E-state index in [1.807, 2.05) is 0 Å². The van der Waals surface area contributed by atoms with Crippen LogP contribution < -0.4 is 5.32 Å². The predicted octanol–water partition coefficient (Wildman–Crippen LogP) is 0.0714. The first-order valence-electron chi connectivity index (χ1n) is 6.74. The number of esters is 1. The Bertz CT molecular complexity index is 697. The SMILES string of the molecule is O=C1O[C@H](C(=O)N[C@H]2CCS(=O)(=O)C2)Cc2ccccc21. The van der Waals surface area contributed by atoms with Crippen molar-refractivity contribution in [2.24, 2.45) is 0 Å². The molecule has 2 atom stereocenters. The molecule has 7 heteroatoms. The number of sulfone groups is 1. The zero-order chi connectivity index (χ0) is 15.0. The van der Waals surface area contributed by atoms with Gasteiger partial charge in [0.15, 0.2) is 15.9 Å². The molecule has 1 fully saturated rings. The predicted molar refractivity (Wildman–Crippen MR) is 74.6 cm³/mol. The number of hydrogen-bond donors (Lipinski definition) is 1. The van der Waals surface area contributed by atoms with E-state index in [-0.39, 0.29) is 11.5 Å². The summed E-state index contributed by atoms with van der Waals surface area (Å²) in [5.74, 6) is -0.905. The number of ether oxygens (including phenoxy) is 1. The topological polar surface area (TPSA) is 89.5 Å². The highest BCUT2D eigenvalue weighted by atomic mass is 32.2. The molecule has 0 radical (unpaired) electrons. The van der Waals surface area contributed by atoms with Gasteiger partial charge in [-0.05, 0) is 18.1 Å². The largest absolute Gasteiger partial charge is 0.448 e. The molecule has 1 N–H and O–H groups in total. The summed E-state index contributed by atoms with van der Waals surface area (Å²) < 4.78 is 27.9. The molecule has 1 amide bonds. The van der Waals surface area contributed by atoms with Crippen LogP contribution in [0.25, 0.3) is 0 Å². The summed E-state index contributed by atoms with van der Waals surface area (Å²) in [4.78, 5) is 24.0. The van der Waals surface area contributed by atoms with Crippen LogP contribution in [0.4, 0.5) is 0 Å². The molecule has 112 valence electrons. The highest BCUT2D eigenvalue weighted by molar-refractivity contribution is 7.91. The van der Waals surface area contributed by atoms with Gasteiger partial charge >= 0.3 is 5.97 Å². The zero-order valence-electron chi connectivity index (χ0n) is 11.2. The second-order valence-corrected chi connectivity index (χ2v) is 7.59. The highest BCUT2D eigenvalue weighted by Crippen LogP contribution is 2.21. The van der Waals surface area contributed by atoms with Crippen LogP contribution >= 0.6 is 0 Å². The van der Waals surface area contributed by atoms with Crippen molar-refractivity contribution in [3.05, 3.63) is 35.4 Å². The maximum Gasteiger partial charge on any atom is 0.339 e. The minimum atomic E-state index is -3.05. The van der Waals surface area contributed by atoms with Crippen molar-refractivity contribution in [3.8, 4) is 0 Å². The first-order chi connectivity index (χ1) is 9.94. The summed E-state index contributed by atoms with van der Waals surface area (Å²) in [6, 6.07) is 6.60. The van der Waals surface area contributed by atoms with E-state index in [1.54, 1.807) is 24.3 Å². The molecule has 0 saturated carbocycles. The van der Waals surface area contributed by atoms with Crippen molar-refractivity contribution in [1.82, 2.24) is 5.32 Å². The van der Waals surface area contributed by atoms with E-state index in [9.17, 15) is 18.0 Å². The molecule has 0 aromatic heterocycles. The lowest BCUT2D eigenvalue weighted by atomic mass is 9.98. The maximum absolute atomic E-state index is 12.1. The minimum absolute atomic E-state index is 0.0456.